The van der Waals surface area contributed by atoms with Crippen LogP contribution in [0.3, 0.4) is 0 Å². The average Bonchev–Trinajstić information content (AvgIpc) is 2.52. The van der Waals surface area contributed by atoms with Gasteiger partial charge in [-0.15, -0.1) is 0 Å². The van der Waals surface area contributed by atoms with Crippen molar-refractivity contribution in [2.24, 2.45) is 0 Å². The van der Waals surface area contributed by atoms with Gasteiger partial charge in [-0.1, -0.05) is 38.1 Å². The molecule has 2 aromatic rings. The molecule has 1 aromatic heterocycles. The van der Waals surface area contributed by atoms with E-state index in [9.17, 15) is 0 Å². The Kier molecular flexibility index (Phi) is 5.75. The van der Waals surface area contributed by atoms with E-state index in [4.69, 9.17) is 0 Å². The van der Waals surface area contributed by atoms with Crippen LogP contribution >= 0.6 is 0 Å². The summed E-state index contributed by atoms with van der Waals surface area (Å²) in [5, 5.41) is 3.59. The Morgan fingerprint density at radius 1 is 0.950 bits per heavy atom. The number of rotatable bonds is 7. The van der Waals surface area contributed by atoms with Gasteiger partial charge in [0.05, 0.1) is 0 Å². The molecule has 1 N–H and O–H groups in total. The Hall–Kier alpha value is -1.67. The highest BCUT2D eigenvalue weighted by atomic mass is 14.9. The molecule has 1 aromatic carbocycles. The van der Waals surface area contributed by atoms with Crippen molar-refractivity contribution in [2.45, 2.75) is 39.2 Å². The maximum Gasteiger partial charge on any atom is 0.0323 e. The van der Waals surface area contributed by atoms with Crippen molar-refractivity contribution in [3.05, 3.63) is 65.5 Å². The van der Waals surface area contributed by atoms with Crippen LogP contribution in [-0.4, -0.2) is 11.5 Å². The molecule has 1 atom stereocenters. The van der Waals surface area contributed by atoms with E-state index in [0.29, 0.717) is 6.04 Å². The molecule has 0 radical (unpaired) electrons. The van der Waals surface area contributed by atoms with E-state index in [0.717, 1.165) is 25.8 Å². The fraction of sp³-hybridized carbons (Fsp3) is 0.389. The number of aromatic nitrogens is 1. The molecule has 106 valence electrons. The number of benzene rings is 1. The van der Waals surface area contributed by atoms with Crippen LogP contribution in [0.25, 0.3) is 0 Å². The molecule has 2 nitrogen and oxygen atoms in total. The van der Waals surface area contributed by atoms with Gasteiger partial charge in [-0.2, -0.15) is 0 Å². The van der Waals surface area contributed by atoms with Gasteiger partial charge in [0.1, 0.15) is 0 Å². The van der Waals surface area contributed by atoms with Crippen LogP contribution in [-0.2, 0) is 12.8 Å². The van der Waals surface area contributed by atoms with Gasteiger partial charge < -0.3 is 5.32 Å². The van der Waals surface area contributed by atoms with Crippen LogP contribution < -0.4 is 5.32 Å². The highest BCUT2D eigenvalue weighted by molar-refractivity contribution is 5.25. The highest BCUT2D eigenvalue weighted by Crippen LogP contribution is 2.20. The molecule has 20 heavy (non-hydrogen) atoms. The molecule has 0 aliphatic heterocycles. The zero-order valence-corrected chi connectivity index (χ0v) is 12.5. The van der Waals surface area contributed by atoms with Crippen molar-refractivity contribution >= 4 is 0 Å². The SMILES string of the molecule is CCNC(CCc1ccncc1)c1ccc(CC)cc1. The molecular weight excluding hydrogens is 244 g/mol. The van der Waals surface area contributed by atoms with Gasteiger partial charge in [-0.25, -0.2) is 0 Å². The largest absolute Gasteiger partial charge is 0.310 e. The van der Waals surface area contributed by atoms with Crippen LogP contribution in [0.5, 0.6) is 0 Å². The predicted octanol–water partition coefficient (Wildman–Crippen LogP) is 3.93. The summed E-state index contributed by atoms with van der Waals surface area (Å²) >= 11 is 0. The molecule has 1 heterocycles. The summed E-state index contributed by atoms with van der Waals surface area (Å²) in [6.07, 6.45) is 7.03. The van der Waals surface area contributed by atoms with Crippen molar-refractivity contribution < 1.29 is 0 Å². The first-order chi connectivity index (χ1) is 9.83. The zero-order chi connectivity index (χ0) is 14.2. The Morgan fingerprint density at radius 2 is 1.65 bits per heavy atom. The lowest BCUT2D eigenvalue weighted by molar-refractivity contribution is 0.515. The summed E-state index contributed by atoms with van der Waals surface area (Å²) in [4.78, 5) is 4.07. The maximum absolute atomic E-state index is 4.07. The molecule has 0 aliphatic carbocycles. The summed E-state index contributed by atoms with van der Waals surface area (Å²) in [5.74, 6) is 0. The minimum atomic E-state index is 0.430. The zero-order valence-electron chi connectivity index (χ0n) is 12.5. The predicted molar refractivity (Wildman–Crippen MR) is 84.8 cm³/mol. The first-order valence-corrected chi connectivity index (χ1v) is 7.54. The molecule has 2 rings (SSSR count). The van der Waals surface area contributed by atoms with Crippen LogP contribution in [0, 0.1) is 0 Å². The highest BCUT2D eigenvalue weighted by Gasteiger charge is 2.10. The molecule has 0 fully saturated rings. The Morgan fingerprint density at radius 3 is 2.25 bits per heavy atom. The second kappa shape index (κ2) is 7.81. The van der Waals surface area contributed by atoms with Crippen LogP contribution in [0.2, 0.25) is 0 Å². The Bertz CT molecular complexity index is 491. The number of aryl methyl sites for hydroxylation is 2. The summed E-state index contributed by atoms with van der Waals surface area (Å²) in [6, 6.07) is 13.6. The third-order valence-corrected chi connectivity index (χ3v) is 3.71. The lowest BCUT2D eigenvalue weighted by atomic mass is 9.98. The second-order valence-corrected chi connectivity index (χ2v) is 5.10. The smallest absolute Gasteiger partial charge is 0.0323 e. The molecule has 0 amide bonds. The molecule has 0 bridgehead atoms. The minimum absolute atomic E-state index is 0.430. The third-order valence-electron chi connectivity index (χ3n) is 3.71. The van der Waals surface area contributed by atoms with E-state index in [1.165, 1.54) is 16.7 Å². The van der Waals surface area contributed by atoms with Crippen molar-refractivity contribution in [3.63, 3.8) is 0 Å². The average molecular weight is 268 g/mol. The molecular formula is C18H24N2. The third kappa shape index (κ3) is 4.17. The van der Waals surface area contributed by atoms with Gasteiger partial charge >= 0.3 is 0 Å². The topological polar surface area (TPSA) is 24.9 Å². The molecule has 0 spiro atoms. The van der Waals surface area contributed by atoms with Crippen molar-refractivity contribution in [1.29, 1.82) is 0 Å². The first-order valence-electron chi connectivity index (χ1n) is 7.54. The van der Waals surface area contributed by atoms with Crippen molar-refractivity contribution in [3.8, 4) is 0 Å². The fourth-order valence-corrected chi connectivity index (χ4v) is 2.48. The number of hydrogen-bond acceptors (Lipinski definition) is 2. The summed E-state index contributed by atoms with van der Waals surface area (Å²) in [6.45, 7) is 5.36. The summed E-state index contributed by atoms with van der Waals surface area (Å²) < 4.78 is 0. The molecule has 0 saturated heterocycles. The number of hydrogen-bond donors (Lipinski definition) is 1. The number of pyridine rings is 1. The standard InChI is InChI=1S/C18H24N2/c1-3-15-5-8-17(9-6-15)18(20-4-2)10-7-16-11-13-19-14-12-16/h5-6,8-9,11-14,18,20H,3-4,7,10H2,1-2H3. The summed E-state index contributed by atoms with van der Waals surface area (Å²) in [5.41, 5.74) is 4.14. The van der Waals surface area contributed by atoms with Crippen molar-refractivity contribution in [1.82, 2.24) is 10.3 Å². The van der Waals surface area contributed by atoms with Gasteiger partial charge in [-0.3, -0.25) is 4.98 Å². The van der Waals surface area contributed by atoms with E-state index in [1.807, 2.05) is 12.4 Å². The number of nitrogens with one attached hydrogen (secondary N) is 1. The van der Waals surface area contributed by atoms with Gasteiger partial charge in [0, 0.05) is 18.4 Å². The van der Waals surface area contributed by atoms with E-state index >= 15 is 0 Å². The lowest BCUT2D eigenvalue weighted by Gasteiger charge is -2.18. The monoisotopic (exact) mass is 268 g/mol. The normalized spacial score (nSPS) is 12.3. The van der Waals surface area contributed by atoms with Gasteiger partial charge in [-0.05, 0) is 54.6 Å². The van der Waals surface area contributed by atoms with Gasteiger partial charge in [0.25, 0.3) is 0 Å². The first kappa shape index (κ1) is 14.7. The molecule has 0 saturated carbocycles. The van der Waals surface area contributed by atoms with E-state index in [1.54, 1.807) is 0 Å². The van der Waals surface area contributed by atoms with Gasteiger partial charge in [0.2, 0.25) is 0 Å². The molecule has 0 aliphatic rings. The quantitative estimate of drug-likeness (QED) is 0.823. The summed E-state index contributed by atoms with van der Waals surface area (Å²) in [7, 11) is 0. The maximum atomic E-state index is 4.07. The van der Waals surface area contributed by atoms with Crippen LogP contribution in [0.4, 0.5) is 0 Å². The molecule has 2 heteroatoms. The van der Waals surface area contributed by atoms with Crippen molar-refractivity contribution in [2.75, 3.05) is 6.54 Å². The van der Waals surface area contributed by atoms with E-state index in [-0.39, 0.29) is 0 Å². The second-order valence-electron chi connectivity index (χ2n) is 5.10. The fourth-order valence-electron chi connectivity index (χ4n) is 2.48. The molecule has 1 unspecified atom stereocenters. The van der Waals surface area contributed by atoms with Crippen LogP contribution in [0.1, 0.15) is 43.0 Å². The van der Waals surface area contributed by atoms with Gasteiger partial charge in [0.15, 0.2) is 0 Å². The van der Waals surface area contributed by atoms with Crippen LogP contribution in [0.15, 0.2) is 48.8 Å². The van der Waals surface area contributed by atoms with E-state index < -0.39 is 0 Å². The Labute approximate surface area is 122 Å². The van der Waals surface area contributed by atoms with E-state index in [2.05, 4.69) is 60.5 Å². The minimum Gasteiger partial charge on any atom is -0.310 e. The lowest BCUT2D eigenvalue weighted by Crippen LogP contribution is -2.21. The number of nitrogens with zero attached hydrogens (tertiary/aromatic N) is 1. The Balaban J connectivity index is 2.02.